The van der Waals surface area contributed by atoms with Crippen molar-refractivity contribution in [2.45, 2.75) is 13.3 Å². The lowest BCUT2D eigenvalue weighted by Crippen LogP contribution is -2.21. The first kappa shape index (κ1) is 33.2. The summed E-state index contributed by atoms with van der Waals surface area (Å²) >= 11 is 3.92. The van der Waals surface area contributed by atoms with Crippen molar-refractivity contribution < 1.29 is 39.8 Å². The molecule has 158 valence electrons. The van der Waals surface area contributed by atoms with Crippen molar-refractivity contribution in [3.05, 3.63) is 0 Å². The Balaban J connectivity index is -0.000000120. The van der Waals surface area contributed by atoms with Crippen LogP contribution in [-0.2, 0) is 39.8 Å². The Morgan fingerprint density at radius 2 is 0.600 bits per heavy atom. The molecule has 0 bridgehead atoms. The molecule has 0 unspecified atom stereocenters. The van der Waals surface area contributed by atoms with E-state index in [2.05, 4.69) is 19.6 Å². The Kier molecular flexibility index (Phi) is 43.0. The third-order valence-corrected chi connectivity index (χ3v) is 5.87. The van der Waals surface area contributed by atoms with Crippen molar-refractivity contribution >= 4 is 41.2 Å². The molecular weight excluding hydrogens is 404 g/mol. The van der Waals surface area contributed by atoms with E-state index in [1.54, 1.807) is 64.0 Å². The van der Waals surface area contributed by atoms with Crippen molar-refractivity contribution in [3.8, 4) is 0 Å². The SMILES string of the molecule is CCCS.CO[SiH](OC)OC.CO[SiH](OC)OC.CO[SiH](OC)OC. The lowest BCUT2D eigenvalue weighted by Gasteiger charge is -2.05. The topological polar surface area (TPSA) is 83.1 Å². The second-order valence-corrected chi connectivity index (χ2v) is 10.1. The van der Waals surface area contributed by atoms with E-state index in [1.165, 1.54) is 6.42 Å². The van der Waals surface area contributed by atoms with Gasteiger partial charge in [0.05, 0.1) is 0 Å². The van der Waals surface area contributed by atoms with E-state index in [1.807, 2.05) is 0 Å². The number of hydrogen-bond donors (Lipinski definition) is 1. The molecule has 25 heavy (non-hydrogen) atoms. The molecule has 0 aromatic carbocycles. The van der Waals surface area contributed by atoms with Crippen LogP contribution in [0.4, 0.5) is 0 Å². The predicted molar refractivity (Wildman–Crippen MR) is 109 cm³/mol. The lowest BCUT2D eigenvalue weighted by molar-refractivity contribution is 0.163. The zero-order chi connectivity index (χ0) is 20.5. The smallest absolute Gasteiger partial charge is 0.379 e. The highest BCUT2D eigenvalue weighted by molar-refractivity contribution is 7.80. The Bertz CT molecular complexity index is 154. The fraction of sp³-hybridized carbons (Fsp3) is 1.00. The molecular formula is C12H38O9SSi3. The van der Waals surface area contributed by atoms with Crippen LogP contribution in [0.5, 0.6) is 0 Å². The fourth-order valence-corrected chi connectivity index (χ4v) is 2.60. The Morgan fingerprint density at radius 3 is 0.600 bits per heavy atom. The highest BCUT2D eigenvalue weighted by atomic mass is 32.1. The summed E-state index contributed by atoms with van der Waals surface area (Å²) in [5.41, 5.74) is 0. The van der Waals surface area contributed by atoms with Crippen LogP contribution in [0, 0.1) is 0 Å². The molecule has 0 atom stereocenters. The maximum Gasteiger partial charge on any atom is 0.483 e. The summed E-state index contributed by atoms with van der Waals surface area (Å²) < 4.78 is 42.7. The van der Waals surface area contributed by atoms with Crippen LogP contribution in [0.1, 0.15) is 13.3 Å². The average molecular weight is 443 g/mol. The lowest BCUT2D eigenvalue weighted by atomic mass is 10.6. The van der Waals surface area contributed by atoms with Gasteiger partial charge in [0.15, 0.2) is 0 Å². The van der Waals surface area contributed by atoms with E-state index in [0.29, 0.717) is 0 Å². The molecule has 0 amide bonds. The molecule has 0 aromatic heterocycles. The predicted octanol–water partition coefficient (Wildman–Crippen LogP) is 0.255. The molecule has 9 nitrogen and oxygen atoms in total. The summed E-state index contributed by atoms with van der Waals surface area (Å²) in [6.45, 7) is 2.10. The Hall–Kier alpha value is 0.641. The van der Waals surface area contributed by atoms with Crippen molar-refractivity contribution in [2.75, 3.05) is 69.7 Å². The summed E-state index contributed by atoms with van der Waals surface area (Å²) in [6, 6.07) is 0. The molecule has 0 aliphatic carbocycles. The minimum absolute atomic E-state index is 1.01. The largest absolute Gasteiger partial charge is 0.483 e. The second kappa shape index (κ2) is 32.3. The van der Waals surface area contributed by atoms with Gasteiger partial charge in [0, 0.05) is 64.0 Å². The monoisotopic (exact) mass is 442 g/mol. The highest BCUT2D eigenvalue weighted by Gasteiger charge is 2.06. The Morgan fingerprint density at radius 1 is 0.480 bits per heavy atom. The average Bonchev–Trinajstić information content (AvgIpc) is 2.67. The van der Waals surface area contributed by atoms with Crippen LogP contribution in [0.15, 0.2) is 0 Å². The molecule has 0 saturated carbocycles. The standard InChI is InChI=1S/3C3H10O3Si.C3H8S/c3*1-4-7(5-2)6-3;1-2-3-4/h3*7H,1-3H3;4H,2-3H2,1H3. The van der Waals surface area contributed by atoms with E-state index in [0.717, 1.165) is 5.75 Å². The minimum Gasteiger partial charge on any atom is -0.379 e. The van der Waals surface area contributed by atoms with Crippen molar-refractivity contribution in [3.63, 3.8) is 0 Å². The third kappa shape index (κ3) is 32.7. The molecule has 0 N–H and O–H groups in total. The van der Waals surface area contributed by atoms with E-state index in [4.69, 9.17) is 39.8 Å². The van der Waals surface area contributed by atoms with Gasteiger partial charge in [-0.3, -0.25) is 0 Å². The summed E-state index contributed by atoms with van der Waals surface area (Å²) in [5.74, 6) is 1.01. The molecule has 0 radical (unpaired) electrons. The van der Waals surface area contributed by atoms with Crippen molar-refractivity contribution in [1.29, 1.82) is 0 Å². The molecule has 0 saturated heterocycles. The quantitative estimate of drug-likeness (QED) is 0.378. The zero-order valence-electron chi connectivity index (χ0n) is 17.3. The molecule has 0 fully saturated rings. The van der Waals surface area contributed by atoms with Gasteiger partial charge in [-0.1, -0.05) is 6.92 Å². The molecule has 0 heterocycles. The van der Waals surface area contributed by atoms with Crippen molar-refractivity contribution in [1.82, 2.24) is 0 Å². The first-order valence-electron chi connectivity index (χ1n) is 7.32. The molecule has 0 aliphatic rings. The van der Waals surface area contributed by atoms with E-state index in [-0.39, 0.29) is 0 Å². The van der Waals surface area contributed by atoms with Gasteiger partial charge >= 0.3 is 28.6 Å². The van der Waals surface area contributed by atoms with Crippen LogP contribution in [-0.4, -0.2) is 98.3 Å². The number of hydrogen-bond acceptors (Lipinski definition) is 10. The van der Waals surface area contributed by atoms with Gasteiger partial charge in [0.1, 0.15) is 0 Å². The van der Waals surface area contributed by atoms with E-state index >= 15 is 0 Å². The Labute approximate surface area is 164 Å². The summed E-state index contributed by atoms with van der Waals surface area (Å²) in [7, 11) is 9.15. The summed E-state index contributed by atoms with van der Waals surface area (Å²) in [5, 5.41) is 0. The van der Waals surface area contributed by atoms with Crippen LogP contribution < -0.4 is 0 Å². The van der Waals surface area contributed by atoms with Gasteiger partial charge in [-0.15, -0.1) is 0 Å². The summed E-state index contributed by atoms with van der Waals surface area (Å²) in [6.07, 6.45) is 1.18. The first-order chi connectivity index (χ1) is 12.0. The maximum atomic E-state index is 4.74. The van der Waals surface area contributed by atoms with Gasteiger partial charge in [-0.2, -0.15) is 12.6 Å². The molecule has 0 spiro atoms. The van der Waals surface area contributed by atoms with Crippen LogP contribution in [0.2, 0.25) is 0 Å². The fourth-order valence-electron chi connectivity index (χ4n) is 0.866. The van der Waals surface area contributed by atoms with Gasteiger partial charge in [0.25, 0.3) is 0 Å². The third-order valence-electron chi connectivity index (χ3n) is 1.96. The highest BCUT2D eigenvalue weighted by Crippen LogP contribution is 1.82. The van der Waals surface area contributed by atoms with Gasteiger partial charge in [-0.05, 0) is 12.2 Å². The number of thiol groups is 1. The van der Waals surface area contributed by atoms with E-state index in [9.17, 15) is 0 Å². The maximum absolute atomic E-state index is 4.74. The van der Waals surface area contributed by atoms with Gasteiger partial charge in [-0.25, -0.2) is 0 Å². The zero-order valence-corrected chi connectivity index (χ0v) is 21.6. The van der Waals surface area contributed by atoms with Gasteiger partial charge < -0.3 is 39.8 Å². The molecule has 0 aromatic rings. The normalized spacial score (nSPS) is 9.84. The molecule has 0 rings (SSSR count). The van der Waals surface area contributed by atoms with E-state index < -0.39 is 28.6 Å². The second-order valence-electron chi connectivity index (χ2n) is 3.71. The molecule has 0 aliphatic heterocycles. The van der Waals surface area contributed by atoms with Crippen molar-refractivity contribution in [2.24, 2.45) is 0 Å². The van der Waals surface area contributed by atoms with Gasteiger partial charge in [0.2, 0.25) is 0 Å². The minimum atomic E-state index is -1.67. The van der Waals surface area contributed by atoms with Crippen LogP contribution in [0.25, 0.3) is 0 Å². The molecule has 13 heteroatoms. The van der Waals surface area contributed by atoms with Crippen LogP contribution in [0.3, 0.4) is 0 Å². The first-order valence-corrected chi connectivity index (χ1v) is 12.2. The number of rotatable bonds is 10. The van der Waals surface area contributed by atoms with Crippen LogP contribution >= 0.6 is 12.6 Å². The summed E-state index contributed by atoms with van der Waals surface area (Å²) in [4.78, 5) is 0.